The van der Waals surface area contributed by atoms with Crippen molar-refractivity contribution in [3.63, 3.8) is 0 Å². The van der Waals surface area contributed by atoms with E-state index in [1.54, 1.807) is 42.3 Å². The number of hydrogen-bond donors (Lipinski definition) is 1. The number of rotatable bonds is 3. The molecule has 1 aromatic carbocycles. The molecule has 8 heteroatoms. The Balaban J connectivity index is 1.45. The third kappa shape index (κ3) is 4.09. The number of nitrogens with zero attached hydrogens (tertiary/aromatic N) is 2. The van der Waals surface area contributed by atoms with Gasteiger partial charge in [-0.1, -0.05) is 18.2 Å². The van der Waals surface area contributed by atoms with Crippen LogP contribution in [-0.4, -0.2) is 46.4 Å². The molecule has 0 saturated carbocycles. The van der Waals surface area contributed by atoms with Crippen LogP contribution in [0, 0.1) is 5.92 Å². The molecule has 2 aliphatic heterocycles. The zero-order valence-electron chi connectivity index (χ0n) is 16.6. The number of aromatic nitrogens is 1. The van der Waals surface area contributed by atoms with Gasteiger partial charge in [0.15, 0.2) is 5.60 Å². The Morgan fingerprint density at radius 2 is 2.07 bits per heavy atom. The molecular weight excluding hydrogens is 450 g/mol. The Kier molecular flexibility index (Phi) is 5.60. The molecule has 3 heterocycles. The number of carbonyl (C=O) groups is 3. The molecule has 1 fully saturated rings. The molecule has 156 valence electrons. The first kappa shape index (κ1) is 20.5. The number of piperidine rings is 1. The third-order valence-electron chi connectivity index (χ3n) is 5.59. The van der Waals surface area contributed by atoms with Gasteiger partial charge in [-0.15, -0.1) is 0 Å². The molecule has 0 aliphatic carbocycles. The lowest BCUT2D eigenvalue weighted by molar-refractivity contribution is -0.153. The number of fused-ring (bicyclic) bond motifs is 1. The number of amides is 2. The second-order valence-electron chi connectivity index (χ2n) is 7.90. The first-order chi connectivity index (χ1) is 14.4. The normalized spacial score (nSPS) is 23.3. The molecule has 2 unspecified atom stereocenters. The van der Waals surface area contributed by atoms with Crippen LogP contribution in [0.1, 0.15) is 35.7 Å². The van der Waals surface area contributed by atoms with E-state index in [0.29, 0.717) is 37.2 Å². The topological polar surface area (TPSA) is 88.6 Å². The van der Waals surface area contributed by atoms with Gasteiger partial charge in [-0.05, 0) is 59.5 Å². The number of pyridine rings is 1. The summed E-state index contributed by atoms with van der Waals surface area (Å²) in [5.41, 5.74) is 0.0368. The maximum Gasteiger partial charge on any atom is 0.339 e. The summed E-state index contributed by atoms with van der Waals surface area (Å²) in [6.07, 6.45) is 3.33. The van der Waals surface area contributed by atoms with Gasteiger partial charge in [0.1, 0.15) is 5.82 Å². The molecule has 4 rings (SSSR count). The average molecular weight is 472 g/mol. The van der Waals surface area contributed by atoms with Crippen LogP contribution in [0.3, 0.4) is 0 Å². The van der Waals surface area contributed by atoms with Gasteiger partial charge < -0.3 is 15.0 Å². The third-order valence-corrected chi connectivity index (χ3v) is 6.06. The number of anilines is 1. The molecular formula is C22H22BrN3O4. The van der Waals surface area contributed by atoms with Crippen molar-refractivity contribution in [2.24, 2.45) is 5.92 Å². The number of halogens is 1. The highest BCUT2D eigenvalue weighted by Gasteiger charge is 2.46. The Labute approximate surface area is 182 Å². The Bertz CT molecular complexity index is 994. The SMILES string of the molecule is CC1(C(=O)N2CCCC(C(=O)Nc3ccc(Br)cn3)C2)Cc2ccccc2C(=O)O1. The van der Waals surface area contributed by atoms with E-state index in [1.165, 1.54) is 0 Å². The number of likely N-dealkylation sites (tertiary alicyclic amines) is 1. The lowest BCUT2D eigenvalue weighted by atomic mass is 9.87. The summed E-state index contributed by atoms with van der Waals surface area (Å²) in [7, 11) is 0. The minimum absolute atomic E-state index is 0.168. The number of cyclic esters (lactones) is 1. The minimum atomic E-state index is -1.27. The van der Waals surface area contributed by atoms with E-state index >= 15 is 0 Å². The van der Waals surface area contributed by atoms with E-state index in [4.69, 9.17) is 4.74 Å². The van der Waals surface area contributed by atoms with Crippen LogP contribution in [0.2, 0.25) is 0 Å². The zero-order chi connectivity index (χ0) is 21.3. The molecule has 2 amide bonds. The standard InChI is InChI=1S/C22H22BrN3O4/c1-22(11-14-5-2-3-7-17(14)20(28)30-22)21(29)26-10-4-6-15(13-26)19(27)25-18-9-8-16(23)12-24-18/h2-3,5,7-9,12,15H,4,6,10-11,13H2,1H3,(H,24,25,27). The van der Waals surface area contributed by atoms with Crippen molar-refractivity contribution in [3.05, 3.63) is 58.2 Å². The summed E-state index contributed by atoms with van der Waals surface area (Å²) in [4.78, 5) is 44.2. The predicted molar refractivity (Wildman–Crippen MR) is 114 cm³/mol. The average Bonchev–Trinajstić information content (AvgIpc) is 2.75. The van der Waals surface area contributed by atoms with Crippen molar-refractivity contribution in [1.29, 1.82) is 0 Å². The van der Waals surface area contributed by atoms with Crippen molar-refractivity contribution in [3.8, 4) is 0 Å². The Morgan fingerprint density at radius 1 is 1.27 bits per heavy atom. The van der Waals surface area contributed by atoms with Crippen molar-refractivity contribution in [1.82, 2.24) is 9.88 Å². The fourth-order valence-corrected chi connectivity index (χ4v) is 4.27. The number of hydrogen-bond acceptors (Lipinski definition) is 5. The molecule has 0 radical (unpaired) electrons. The number of benzene rings is 1. The number of nitrogens with one attached hydrogen (secondary N) is 1. The van der Waals surface area contributed by atoms with Gasteiger partial charge in [-0.25, -0.2) is 9.78 Å². The maximum atomic E-state index is 13.3. The van der Waals surface area contributed by atoms with Crippen LogP contribution in [-0.2, 0) is 20.7 Å². The fourth-order valence-electron chi connectivity index (χ4n) is 4.04. The van der Waals surface area contributed by atoms with E-state index in [0.717, 1.165) is 10.0 Å². The van der Waals surface area contributed by atoms with Crippen LogP contribution < -0.4 is 5.32 Å². The van der Waals surface area contributed by atoms with Gasteiger partial charge in [0, 0.05) is 30.2 Å². The van der Waals surface area contributed by atoms with Crippen LogP contribution in [0.4, 0.5) is 5.82 Å². The highest BCUT2D eigenvalue weighted by atomic mass is 79.9. The predicted octanol–water partition coefficient (Wildman–Crippen LogP) is 3.19. The Morgan fingerprint density at radius 3 is 2.83 bits per heavy atom. The lowest BCUT2D eigenvalue weighted by Gasteiger charge is -2.40. The summed E-state index contributed by atoms with van der Waals surface area (Å²) in [6, 6.07) is 10.7. The number of ether oxygens (including phenoxy) is 1. The van der Waals surface area contributed by atoms with Gasteiger partial charge in [0.2, 0.25) is 5.91 Å². The molecule has 2 aliphatic rings. The zero-order valence-corrected chi connectivity index (χ0v) is 18.1. The van der Waals surface area contributed by atoms with E-state index in [9.17, 15) is 14.4 Å². The van der Waals surface area contributed by atoms with Crippen LogP contribution in [0.5, 0.6) is 0 Å². The molecule has 2 atom stereocenters. The molecule has 1 aromatic heterocycles. The molecule has 1 N–H and O–H groups in total. The van der Waals surface area contributed by atoms with Gasteiger partial charge >= 0.3 is 5.97 Å². The number of esters is 1. The van der Waals surface area contributed by atoms with Crippen molar-refractivity contribution < 1.29 is 19.1 Å². The van der Waals surface area contributed by atoms with Crippen molar-refractivity contribution in [2.75, 3.05) is 18.4 Å². The van der Waals surface area contributed by atoms with E-state index in [2.05, 4.69) is 26.2 Å². The van der Waals surface area contributed by atoms with Crippen LogP contribution >= 0.6 is 15.9 Å². The van der Waals surface area contributed by atoms with Crippen LogP contribution in [0.25, 0.3) is 0 Å². The molecule has 0 spiro atoms. The number of carbonyl (C=O) groups excluding carboxylic acids is 3. The summed E-state index contributed by atoms with van der Waals surface area (Å²) in [6.45, 7) is 2.47. The second-order valence-corrected chi connectivity index (χ2v) is 8.81. The fraction of sp³-hybridized carbons (Fsp3) is 0.364. The van der Waals surface area contributed by atoms with Crippen molar-refractivity contribution >= 4 is 39.5 Å². The van der Waals surface area contributed by atoms with E-state index in [1.807, 2.05) is 12.1 Å². The summed E-state index contributed by atoms with van der Waals surface area (Å²) < 4.78 is 6.40. The Hall–Kier alpha value is -2.74. The van der Waals surface area contributed by atoms with Crippen LogP contribution in [0.15, 0.2) is 47.1 Å². The smallest absolute Gasteiger partial charge is 0.339 e. The molecule has 2 aromatic rings. The van der Waals surface area contributed by atoms with Gasteiger partial charge in [-0.2, -0.15) is 0 Å². The largest absolute Gasteiger partial charge is 0.445 e. The summed E-state index contributed by atoms with van der Waals surface area (Å²) in [5.74, 6) is -0.789. The lowest BCUT2D eigenvalue weighted by Crippen LogP contribution is -2.56. The maximum absolute atomic E-state index is 13.3. The molecule has 1 saturated heterocycles. The van der Waals surface area contributed by atoms with Gasteiger partial charge in [-0.3, -0.25) is 9.59 Å². The summed E-state index contributed by atoms with van der Waals surface area (Å²) >= 11 is 3.31. The van der Waals surface area contributed by atoms with Crippen molar-refractivity contribution in [2.45, 2.75) is 31.8 Å². The summed E-state index contributed by atoms with van der Waals surface area (Å²) in [5, 5.41) is 2.81. The highest BCUT2D eigenvalue weighted by Crippen LogP contribution is 2.31. The minimum Gasteiger partial charge on any atom is -0.445 e. The van der Waals surface area contributed by atoms with Gasteiger partial charge in [0.05, 0.1) is 11.5 Å². The molecule has 30 heavy (non-hydrogen) atoms. The second kappa shape index (κ2) is 8.18. The molecule has 0 bridgehead atoms. The highest BCUT2D eigenvalue weighted by molar-refractivity contribution is 9.10. The molecule has 7 nitrogen and oxygen atoms in total. The van der Waals surface area contributed by atoms with E-state index < -0.39 is 11.6 Å². The van der Waals surface area contributed by atoms with Gasteiger partial charge in [0.25, 0.3) is 5.91 Å². The van der Waals surface area contributed by atoms with E-state index in [-0.39, 0.29) is 24.3 Å². The first-order valence-electron chi connectivity index (χ1n) is 9.89. The quantitative estimate of drug-likeness (QED) is 0.694. The monoisotopic (exact) mass is 471 g/mol. The first-order valence-corrected chi connectivity index (χ1v) is 10.7.